The third kappa shape index (κ3) is 5.04. The highest BCUT2D eigenvalue weighted by molar-refractivity contribution is 5.97. The number of para-hydroxylation sites is 1. The maximum atomic E-state index is 13.5. The van der Waals surface area contributed by atoms with Gasteiger partial charge in [-0.05, 0) is 43.7 Å². The molecule has 25 heavy (non-hydrogen) atoms. The van der Waals surface area contributed by atoms with Crippen LogP contribution in [-0.2, 0) is 0 Å². The second kappa shape index (κ2) is 8.82. The summed E-state index contributed by atoms with van der Waals surface area (Å²) in [6.07, 6.45) is 0. The Balaban J connectivity index is 1.83. The van der Waals surface area contributed by atoms with Gasteiger partial charge < -0.3 is 15.4 Å². The molecule has 0 aliphatic heterocycles. The van der Waals surface area contributed by atoms with E-state index < -0.39 is 5.82 Å². The molecule has 132 valence electrons. The van der Waals surface area contributed by atoms with Crippen LogP contribution in [0.3, 0.4) is 0 Å². The lowest BCUT2D eigenvalue weighted by Crippen LogP contribution is -2.34. The van der Waals surface area contributed by atoms with Crippen LogP contribution in [0, 0.1) is 12.7 Å². The maximum absolute atomic E-state index is 13.5. The molecule has 0 heterocycles. The molecule has 0 radical (unpaired) electrons. The molecule has 0 fully saturated rings. The monoisotopic (exact) mass is 344 g/mol. The number of carbonyl (C=O) groups excluding carboxylic acids is 2. The van der Waals surface area contributed by atoms with Gasteiger partial charge in [0.05, 0.1) is 12.2 Å². The van der Waals surface area contributed by atoms with Gasteiger partial charge in [0.15, 0.2) is 0 Å². The van der Waals surface area contributed by atoms with Gasteiger partial charge in [0, 0.05) is 18.7 Å². The highest BCUT2D eigenvalue weighted by Crippen LogP contribution is 2.17. The first-order valence-electron chi connectivity index (χ1n) is 8.07. The first-order chi connectivity index (χ1) is 12.0. The van der Waals surface area contributed by atoms with Gasteiger partial charge in [-0.3, -0.25) is 9.59 Å². The summed E-state index contributed by atoms with van der Waals surface area (Å²) in [5.41, 5.74) is 1.17. The Morgan fingerprint density at radius 1 is 1.04 bits per heavy atom. The van der Waals surface area contributed by atoms with Crippen molar-refractivity contribution in [1.29, 1.82) is 0 Å². The van der Waals surface area contributed by atoms with Gasteiger partial charge >= 0.3 is 0 Å². The highest BCUT2D eigenvalue weighted by Gasteiger charge is 2.12. The molecule has 0 aliphatic carbocycles. The minimum absolute atomic E-state index is 0.233. The second-order valence-electron chi connectivity index (χ2n) is 5.40. The molecule has 0 atom stereocenters. The van der Waals surface area contributed by atoms with E-state index in [2.05, 4.69) is 10.6 Å². The van der Waals surface area contributed by atoms with Gasteiger partial charge in [0.2, 0.25) is 0 Å². The number of benzene rings is 2. The first kappa shape index (κ1) is 18.4. The molecule has 2 aromatic carbocycles. The van der Waals surface area contributed by atoms with Gasteiger partial charge in [-0.25, -0.2) is 4.39 Å². The van der Waals surface area contributed by atoms with Gasteiger partial charge in [0.25, 0.3) is 11.8 Å². The van der Waals surface area contributed by atoms with E-state index in [9.17, 15) is 14.0 Å². The molecular formula is C19H21FN2O3. The summed E-state index contributed by atoms with van der Waals surface area (Å²) in [5, 5.41) is 5.36. The van der Waals surface area contributed by atoms with Crippen molar-refractivity contribution >= 4 is 11.8 Å². The van der Waals surface area contributed by atoms with Crippen LogP contribution >= 0.6 is 0 Å². The topological polar surface area (TPSA) is 67.4 Å². The summed E-state index contributed by atoms with van der Waals surface area (Å²) in [6, 6.07) is 11.3. The Labute approximate surface area is 146 Å². The Morgan fingerprint density at radius 2 is 1.72 bits per heavy atom. The molecular weight excluding hydrogens is 323 g/mol. The number of nitrogens with one attached hydrogen (secondary N) is 2. The zero-order chi connectivity index (χ0) is 18.2. The average molecular weight is 344 g/mol. The van der Waals surface area contributed by atoms with Crippen molar-refractivity contribution in [2.45, 2.75) is 13.8 Å². The Bertz CT molecular complexity index is 762. The number of ether oxygens (including phenoxy) is 1. The normalized spacial score (nSPS) is 10.2. The Kier molecular flexibility index (Phi) is 6.51. The predicted molar refractivity (Wildman–Crippen MR) is 93.4 cm³/mol. The van der Waals surface area contributed by atoms with Gasteiger partial charge in [-0.15, -0.1) is 0 Å². The van der Waals surface area contributed by atoms with E-state index in [1.807, 2.05) is 6.92 Å². The van der Waals surface area contributed by atoms with E-state index in [1.54, 1.807) is 43.3 Å². The summed E-state index contributed by atoms with van der Waals surface area (Å²) in [7, 11) is 0. The summed E-state index contributed by atoms with van der Waals surface area (Å²) >= 11 is 0. The van der Waals surface area contributed by atoms with Crippen molar-refractivity contribution in [2.75, 3.05) is 19.7 Å². The van der Waals surface area contributed by atoms with Crippen molar-refractivity contribution in [2.24, 2.45) is 0 Å². The van der Waals surface area contributed by atoms with Gasteiger partial charge in [0.1, 0.15) is 11.6 Å². The molecule has 0 aliphatic rings. The van der Waals surface area contributed by atoms with Crippen LogP contribution in [0.5, 0.6) is 5.75 Å². The minimum Gasteiger partial charge on any atom is -0.493 e. The number of amides is 2. The SMILES string of the molecule is CCOc1ccccc1C(=O)NCCNC(=O)c1ccc(C)c(F)c1. The number of hydrogen-bond donors (Lipinski definition) is 2. The zero-order valence-electron chi connectivity index (χ0n) is 14.3. The molecule has 2 aromatic rings. The van der Waals surface area contributed by atoms with Crippen LogP contribution in [0.1, 0.15) is 33.2 Å². The van der Waals surface area contributed by atoms with E-state index in [1.165, 1.54) is 6.07 Å². The number of halogens is 1. The van der Waals surface area contributed by atoms with Crippen molar-refractivity contribution in [3.63, 3.8) is 0 Å². The van der Waals surface area contributed by atoms with Crippen LogP contribution in [-0.4, -0.2) is 31.5 Å². The van der Waals surface area contributed by atoms with E-state index in [4.69, 9.17) is 4.74 Å². The predicted octanol–water partition coefficient (Wildman–Crippen LogP) is 2.69. The molecule has 2 rings (SSSR count). The lowest BCUT2D eigenvalue weighted by molar-refractivity contribution is 0.0925. The molecule has 2 N–H and O–H groups in total. The molecule has 0 bridgehead atoms. The Morgan fingerprint density at radius 3 is 2.40 bits per heavy atom. The molecule has 0 aromatic heterocycles. The third-order valence-electron chi connectivity index (χ3n) is 3.56. The number of carbonyl (C=O) groups is 2. The Hall–Kier alpha value is -2.89. The maximum Gasteiger partial charge on any atom is 0.255 e. The van der Waals surface area contributed by atoms with Crippen LogP contribution < -0.4 is 15.4 Å². The first-order valence-corrected chi connectivity index (χ1v) is 8.07. The van der Waals surface area contributed by atoms with Crippen molar-refractivity contribution in [3.05, 3.63) is 65.0 Å². The molecule has 6 heteroatoms. The molecule has 5 nitrogen and oxygen atoms in total. The summed E-state index contributed by atoms with van der Waals surface area (Å²) < 4.78 is 18.9. The lowest BCUT2D eigenvalue weighted by Gasteiger charge is -2.11. The van der Waals surface area contributed by atoms with Crippen molar-refractivity contribution < 1.29 is 18.7 Å². The van der Waals surface area contributed by atoms with Crippen molar-refractivity contribution in [3.8, 4) is 5.75 Å². The standard InChI is InChI=1S/C19H21FN2O3/c1-3-25-17-7-5-4-6-15(17)19(24)22-11-10-21-18(23)14-9-8-13(2)16(20)12-14/h4-9,12H,3,10-11H2,1-2H3,(H,21,23)(H,22,24). The molecule has 0 saturated carbocycles. The zero-order valence-corrected chi connectivity index (χ0v) is 14.3. The van der Waals surface area contributed by atoms with Crippen LogP contribution in [0.25, 0.3) is 0 Å². The smallest absolute Gasteiger partial charge is 0.255 e. The molecule has 0 spiro atoms. The number of hydrogen-bond acceptors (Lipinski definition) is 3. The minimum atomic E-state index is -0.423. The van der Waals surface area contributed by atoms with Crippen LogP contribution in [0.15, 0.2) is 42.5 Å². The van der Waals surface area contributed by atoms with Gasteiger partial charge in [-0.2, -0.15) is 0 Å². The lowest BCUT2D eigenvalue weighted by atomic mass is 10.1. The van der Waals surface area contributed by atoms with E-state index in [-0.39, 0.29) is 30.5 Å². The fourth-order valence-electron chi connectivity index (χ4n) is 2.22. The average Bonchev–Trinajstić information content (AvgIpc) is 2.61. The number of aryl methyl sites for hydroxylation is 1. The fraction of sp³-hybridized carbons (Fsp3) is 0.263. The van der Waals surface area contributed by atoms with Gasteiger partial charge in [-0.1, -0.05) is 18.2 Å². The molecule has 2 amide bonds. The highest BCUT2D eigenvalue weighted by atomic mass is 19.1. The largest absolute Gasteiger partial charge is 0.493 e. The molecule has 0 saturated heterocycles. The van der Waals surface area contributed by atoms with E-state index >= 15 is 0 Å². The summed E-state index contributed by atoms with van der Waals surface area (Å²) in [5.74, 6) is -0.572. The van der Waals surface area contributed by atoms with E-state index in [0.717, 1.165) is 0 Å². The third-order valence-corrected chi connectivity index (χ3v) is 3.56. The summed E-state index contributed by atoms with van der Waals surface area (Å²) in [6.45, 7) is 4.43. The summed E-state index contributed by atoms with van der Waals surface area (Å²) in [4.78, 5) is 24.1. The van der Waals surface area contributed by atoms with Crippen molar-refractivity contribution in [1.82, 2.24) is 10.6 Å². The number of rotatable bonds is 7. The fourth-order valence-corrected chi connectivity index (χ4v) is 2.22. The van der Waals surface area contributed by atoms with Crippen LogP contribution in [0.2, 0.25) is 0 Å². The quantitative estimate of drug-likeness (QED) is 0.759. The second-order valence-corrected chi connectivity index (χ2v) is 5.40. The van der Waals surface area contributed by atoms with E-state index in [0.29, 0.717) is 23.5 Å². The molecule has 0 unspecified atom stereocenters. The van der Waals surface area contributed by atoms with Crippen LogP contribution in [0.4, 0.5) is 4.39 Å².